The maximum atomic E-state index is 13.3. The summed E-state index contributed by atoms with van der Waals surface area (Å²) in [7, 11) is 0. The Hall–Kier alpha value is -4.72. The molecular formula is C29H26FN5O2. The Morgan fingerprint density at radius 2 is 1.43 bits per heavy atom. The molecule has 0 saturated heterocycles. The highest BCUT2D eigenvalue weighted by Gasteiger charge is 2.16. The summed E-state index contributed by atoms with van der Waals surface area (Å²) >= 11 is 0. The van der Waals surface area contributed by atoms with Crippen LogP contribution < -0.4 is 10.6 Å². The number of aromatic nitrogens is 3. The van der Waals surface area contributed by atoms with E-state index in [9.17, 15) is 9.18 Å². The average molecular weight is 496 g/mol. The average Bonchev–Trinajstić information content (AvgIpc) is 3.34. The number of rotatable bonds is 5. The van der Waals surface area contributed by atoms with Crippen LogP contribution in [-0.4, -0.2) is 26.3 Å². The second-order valence-electron chi connectivity index (χ2n) is 9.55. The number of anilines is 3. The van der Waals surface area contributed by atoms with Gasteiger partial charge in [0, 0.05) is 16.9 Å². The molecule has 5 aromatic rings. The third-order valence-electron chi connectivity index (χ3n) is 5.53. The fourth-order valence-corrected chi connectivity index (χ4v) is 3.83. The molecule has 0 aliphatic carbocycles. The Morgan fingerprint density at radius 3 is 2.08 bits per heavy atom. The summed E-state index contributed by atoms with van der Waals surface area (Å²) in [4.78, 5) is 16.8. The number of hydrogen-bond acceptors (Lipinski definition) is 5. The minimum Gasteiger partial charge on any atom is -0.444 e. The topological polar surface area (TPSA) is 80.5 Å². The number of benzene rings is 3. The fraction of sp³-hybridized carbons (Fsp3) is 0.138. The van der Waals surface area contributed by atoms with E-state index >= 15 is 0 Å². The van der Waals surface area contributed by atoms with Crippen LogP contribution in [0, 0.1) is 5.82 Å². The molecule has 8 heteroatoms. The first-order valence-electron chi connectivity index (χ1n) is 11.8. The number of fused-ring (bicyclic) bond motifs is 1. The van der Waals surface area contributed by atoms with Gasteiger partial charge in [-0.15, -0.1) is 0 Å². The SMILES string of the molecule is CC(C)(C)OC(=O)Nc1ccc(Nc2nc(-c3ccc(-c4ccc(F)cc4)cc3)cc3ccnn23)cc1. The van der Waals surface area contributed by atoms with Crippen LogP contribution in [0.5, 0.6) is 0 Å². The van der Waals surface area contributed by atoms with E-state index in [0.29, 0.717) is 11.6 Å². The summed E-state index contributed by atoms with van der Waals surface area (Å²) in [5.41, 5.74) is 5.37. The molecule has 0 radical (unpaired) electrons. The number of nitrogens with zero attached hydrogens (tertiary/aromatic N) is 3. The Morgan fingerprint density at radius 1 is 0.838 bits per heavy atom. The van der Waals surface area contributed by atoms with Gasteiger partial charge >= 0.3 is 6.09 Å². The van der Waals surface area contributed by atoms with Gasteiger partial charge in [0.25, 0.3) is 0 Å². The van der Waals surface area contributed by atoms with Crippen LogP contribution in [0.25, 0.3) is 27.9 Å². The lowest BCUT2D eigenvalue weighted by atomic mass is 10.0. The third-order valence-corrected chi connectivity index (χ3v) is 5.53. The standard InChI is InChI=1S/C29H26FN5O2/c1-29(2,3)37-28(36)33-24-14-12-23(13-15-24)32-27-34-26(18-25-16-17-31-35(25)27)21-6-4-19(5-7-21)20-8-10-22(30)11-9-20/h4-18H,1-3H3,(H,32,34)(H,33,36). The van der Waals surface area contributed by atoms with E-state index in [1.54, 1.807) is 35.0 Å². The minimum atomic E-state index is -0.571. The van der Waals surface area contributed by atoms with Gasteiger partial charge in [-0.3, -0.25) is 5.32 Å². The van der Waals surface area contributed by atoms with E-state index in [1.807, 2.05) is 69.3 Å². The summed E-state index contributed by atoms with van der Waals surface area (Å²) in [6, 6.07) is 25.5. The molecule has 7 nitrogen and oxygen atoms in total. The van der Waals surface area contributed by atoms with Crippen molar-refractivity contribution in [1.82, 2.24) is 14.6 Å². The quantitative estimate of drug-likeness (QED) is 0.268. The van der Waals surface area contributed by atoms with E-state index in [1.165, 1.54) is 12.1 Å². The van der Waals surface area contributed by atoms with Crippen LogP contribution in [0.1, 0.15) is 20.8 Å². The van der Waals surface area contributed by atoms with E-state index in [4.69, 9.17) is 9.72 Å². The van der Waals surface area contributed by atoms with E-state index in [2.05, 4.69) is 15.7 Å². The zero-order chi connectivity index (χ0) is 26.0. The van der Waals surface area contributed by atoms with Gasteiger partial charge in [0.2, 0.25) is 5.95 Å². The lowest BCUT2D eigenvalue weighted by molar-refractivity contribution is 0.0636. The van der Waals surface area contributed by atoms with Crippen molar-refractivity contribution >= 4 is 28.9 Å². The van der Waals surface area contributed by atoms with Crippen molar-refractivity contribution in [2.75, 3.05) is 10.6 Å². The highest BCUT2D eigenvalue weighted by atomic mass is 19.1. The summed E-state index contributed by atoms with van der Waals surface area (Å²) < 4.78 is 20.3. The van der Waals surface area contributed by atoms with Crippen molar-refractivity contribution in [3.8, 4) is 22.4 Å². The van der Waals surface area contributed by atoms with Gasteiger partial charge in [-0.25, -0.2) is 18.7 Å². The molecule has 0 fully saturated rings. The number of ether oxygens (including phenoxy) is 1. The highest BCUT2D eigenvalue weighted by Crippen LogP contribution is 2.27. The number of hydrogen-bond donors (Lipinski definition) is 2. The Kier molecular flexibility index (Phi) is 6.31. The van der Waals surface area contributed by atoms with Gasteiger partial charge < -0.3 is 10.1 Å². The molecule has 0 unspecified atom stereocenters. The van der Waals surface area contributed by atoms with E-state index < -0.39 is 11.7 Å². The molecule has 0 aliphatic heterocycles. The molecule has 3 aromatic carbocycles. The summed E-state index contributed by atoms with van der Waals surface area (Å²) in [6.45, 7) is 5.45. The zero-order valence-corrected chi connectivity index (χ0v) is 20.7. The smallest absolute Gasteiger partial charge is 0.412 e. The molecule has 2 aromatic heterocycles. The second-order valence-corrected chi connectivity index (χ2v) is 9.55. The maximum Gasteiger partial charge on any atom is 0.412 e. The Balaban J connectivity index is 1.37. The molecule has 2 heterocycles. The van der Waals surface area contributed by atoms with Crippen molar-refractivity contribution in [3.05, 3.63) is 96.9 Å². The molecule has 0 aliphatic rings. The number of carbonyl (C=O) groups is 1. The summed E-state index contributed by atoms with van der Waals surface area (Å²) in [5.74, 6) is 0.292. The first-order chi connectivity index (χ1) is 17.7. The molecule has 37 heavy (non-hydrogen) atoms. The lowest BCUT2D eigenvalue weighted by Gasteiger charge is -2.19. The highest BCUT2D eigenvalue weighted by molar-refractivity contribution is 5.85. The molecule has 5 rings (SSSR count). The van der Waals surface area contributed by atoms with Crippen LogP contribution in [0.2, 0.25) is 0 Å². The normalized spacial score (nSPS) is 11.4. The third kappa shape index (κ3) is 5.75. The summed E-state index contributed by atoms with van der Waals surface area (Å²) in [6.07, 6.45) is 1.21. The summed E-state index contributed by atoms with van der Waals surface area (Å²) in [5, 5.41) is 10.4. The number of amides is 1. The van der Waals surface area contributed by atoms with Crippen LogP contribution in [0.3, 0.4) is 0 Å². The molecule has 0 bridgehead atoms. The molecular weight excluding hydrogens is 469 g/mol. The van der Waals surface area contributed by atoms with Crippen molar-refractivity contribution < 1.29 is 13.9 Å². The molecule has 0 spiro atoms. The van der Waals surface area contributed by atoms with Gasteiger partial charge in [-0.2, -0.15) is 5.10 Å². The first-order valence-corrected chi connectivity index (χ1v) is 11.8. The molecule has 186 valence electrons. The first kappa shape index (κ1) is 24.0. The zero-order valence-electron chi connectivity index (χ0n) is 20.7. The predicted octanol–water partition coefficient (Wildman–Crippen LogP) is 7.29. The molecule has 0 saturated carbocycles. The Labute approximate surface area is 213 Å². The number of halogens is 1. The predicted molar refractivity (Wildman–Crippen MR) is 143 cm³/mol. The van der Waals surface area contributed by atoms with Crippen LogP contribution in [0.15, 0.2) is 91.1 Å². The molecule has 0 atom stereocenters. The minimum absolute atomic E-state index is 0.257. The van der Waals surface area contributed by atoms with Crippen molar-refractivity contribution in [1.29, 1.82) is 0 Å². The molecule has 1 amide bonds. The van der Waals surface area contributed by atoms with Crippen LogP contribution >= 0.6 is 0 Å². The van der Waals surface area contributed by atoms with Crippen LogP contribution in [-0.2, 0) is 4.74 Å². The monoisotopic (exact) mass is 495 g/mol. The van der Waals surface area contributed by atoms with Gasteiger partial charge in [-0.1, -0.05) is 36.4 Å². The van der Waals surface area contributed by atoms with Crippen LogP contribution in [0.4, 0.5) is 26.5 Å². The fourth-order valence-electron chi connectivity index (χ4n) is 3.83. The van der Waals surface area contributed by atoms with Gasteiger partial charge in [-0.05, 0) is 80.4 Å². The molecule has 2 N–H and O–H groups in total. The van der Waals surface area contributed by atoms with Gasteiger partial charge in [0.1, 0.15) is 11.4 Å². The van der Waals surface area contributed by atoms with Crippen molar-refractivity contribution in [3.63, 3.8) is 0 Å². The Bertz CT molecular complexity index is 1540. The number of nitrogens with one attached hydrogen (secondary N) is 2. The maximum absolute atomic E-state index is 13.3. The van der Waals surface area contributed by atoms with Gasteiger partial charge in [0.05, 0.1) is 17.4 Å². The van der Waals surface area contributed by atoms with E-state index in [0.717, 1.165) is 33.6 Å². The van der Waals surface area contributed by atoms with Crippen molar-refractivity contribution in [2.45, 2.75) is 26.4 Å². The van der Waals surface area contributed by atoms with Crippen molar-refractivity contribution in [2.24, 2.45) is 0 Å². The van der Waals surface area contributed by atoms with E-state index in [-0.39, 0.29) is 5.82 Å². The lowest BCUT2D eigenvalue weighted by Crippen LogP contribution is -2.27. The number of carbonyl (C=O) groups excluding carboxylic acids is 1. The largest absolute Gasteiger partial charge is 0.444 e. The second kappa shape index (κ2) is 9.73. The van der Waals surface area contributed by atoms with Gasteiger partial charge in [0.15, 0.2) is 0 Å².